The van der Waals surface area contributed by atoms with Crippen LogP contribution in [0.4, 0.5) is 30.2 Å². The zero-order chi connectivity index (χ0) is 80.9. The average molecular weight is 1520 g/mol. The number of nitrogens with one attached hydrogen (secondary N) is 4. The highest BCUT2D eigenvalue weighted by Gasteiger charge is 2.32. The summed E-state index contributed by atoms with van der Waals surface area (Å²) in [5.41, 5.74) is 10.3. The number of hydrogen-bond donors (Lipinski definition) is 8. The highest BCUT2D eigenvalue weighted by molar-refractivity contribution is 6.18. The number of fused-ring (bicyclic) bond motifs is 3. The second kappa shape index (κ2) is 41.6. The van der Waals surface area contributed by atoms with E-state index in [0.717, 1.165) is 21.5 Å². The number of anilines is 3. The normalized spacial score (nSPS) is 12.5. The fourth-order valence-electron chi connectivity index (χ4n) is 10.6. The number of nitrogens with two attached hydrogens (primary N) is 1. The van der Waals surface area contributed by atoms with Crippen molar-refractivity contribution in [3.05, 3.63) is 246 Å². The number of H-pyrrole nitrogens is 3. The molecule has 576 valence electrons. The van der Waals surface area contributed by atoms with E-state index in [1.807, 2.05) is 36.4 Å². The molecule has 2 fully saturated rings. The minimum absolute atomic E-state index is 0.00930. The van der Waals surface area contributed by atoms with Gasteiger partial charge in [-0.2, -0.15) is 15.3 Å². The molecule has 7 aromatic carbocycles. The second-order valence-corrected chi connectivity index (χ2v) is 24.7. The largest absolute Gasteiger partial charge is 0.480 e. The lowest BCUT2D eigenvalue weighted by Crippen LogP contribution is -2.53. The van der Waals surface area contributed by atoms with Gasteiger partial charge in [-0.1, -0.05) is 109 Å². The second-order valence-electron chi connectivity index (χ2n) is 24.7. The molecule has 31 nitrogen and oxygen atoms in total. The minimum atomic E-state index is -1.06. The topological polar surface area (TPSA) is 441 Å². The Morgan fingerprint density at radius 2 is 0.845 bits per heavy atom. The number of piperazine rings is 1. The third-order valence-electron chi connectivity index (χ3n) is 15.2. The zero-order valence-electron chi connectivity index (χ0n) is 60.5. The molecule has 34 heteroatoms. The molecule has 5 heterocycles. The van der Waals surface area contributed by atoms with Crippen molar-refractivity contribution < 1.29 is 85.9 Å². The molecular formula is C76H78F3N13O18. The van der Waals surface area contributed by atoms with Crippen LogP contribution in [0, 0.1) is 24.4 Å². The molecule has 3 aromatic heterocycles. The quantitative estimate of drug-likeness (QED) is 0.0257. The molecular weight excluding hydrogens is 1440 g/mol. The number of nitrogens with zero attached hydrogens (tertiary/aromatic N) is 8. The highest BCUT2D eigenvalue weighted by Crippen LogP contribution is 2.27. The Hall–Kier alpha value is -13.3. The number of aromatic amines is 3. The Labute approximate surface area is 624 Å². The number of aliphatic carboxylic acids is 3. The molecule has 0 bridgehead atoms. The summed E-state index contributed by atoms with van der Waals surface area (Å²) in [5.74, 6) is -8.32. The smallest absolute Gasteiger partial charge is 0.327 e. The van der Waals surface area contributed by atoms with Crippen molar-refractivity contribution in [2.45, 2.75) is 40.0 Å². The summed E-state index contributed by atoms with van der Waals surface area (Å²) in [7, 11) is 6.26. The predicted molar refractivity (Wildman–Crippen MR) is 398 cm³/mol. The van der Waals surface area contributed by atoms with Crippen LogP contribution in [0.15, 0.2) is 172 Å². The van der Waals surface area contributed by atoms with Crippen LogP contribution in [-0.2, 0) is 76.7 Å². The van der Waals surface area contributed by atoms with Gasteiger partial charge in [-0.3, -0.25) is 81.9 Å². The molecule has 0 spiro atoms. The van der Waals surface area contributed by atoms with E-state index in [0.29, 0.717) is 68.7 Å². The molecule has 110 heavy (non-hydrogen) atoms. The van der Waals surface area contributed by atoms with E-state index in [1.165, 1.54) is 73.6 Å². The van der Waals surface area contributed by atoms with Crippen LogP contribution in [0.3, 0.4) is 0 Å². The molecule has 0 saturated carbocycles. The molecule has 9 N–H and O–H groups in total. The number of carboxylic acids is 3. The first-order valence-electron chi connectivity index (χ1n) is 33.1. The van der Waals surface area contributed by atoms with E-state index in [9.17, 15) is 75.5 Å². The van der Waals surface area contributed by atoms with Crippen molar-refractivity contribution in [1.29, 1.82) is 0 Å². The number of morpholine rings is 1. The van der Waals surface area contributed by atoms with Crippen LogP contribution in [-0.4, -0.2) is 206 Å². The lowest BCUT2D eigenvalue weighted by Gasteiger charge is -2.30. The number of carboxylic acid groups (broad SMARTS) is 3. The third-order valence-corrected chi connectivity index (χ3v) is 15.2. The summed E-state index contributed by atoms with van der Waals surface area (Å²) in [6, 6.07) is 44.8. The van der Waals surface area contributed by atoms with E-state index in [4.69, 9.17) is 21.1 Å². The van der Waals surface area contributed by atoms with Crippen molar-refractivity contribution >= 4 is 109 Å². The van der Waals surface area contributed by atoms with E-state index in [1.54, 1.807) is 103 Å². The van der Waals surface area contributed by atoms with Gasteiger partial charge in [-0.05, 0) is 106 Å². The maximum Gasteiger partial charge on any atom is 0.327 e. The fourth-order valence-corrected chi connectivity index (χ4v) is 10.6. The number of amides is 3. The molecule has 0 aliphatic carbocycles. The Kier molecular flexibility index (Phi) is 32.3. The Morgan fingerprint density at radius 1 is 0.491 bits per heavy atom. The third kappa shape index (κ3) is 27.6. The monoisotopic (exact) mass is 1520 g/mol. The average Bonchev–Trinajstić information content (AvgIpc) is 0.795. The Morgan fingerprint density at radius 3 is 1.21 bits per heavy atom. The van der Waals surface area contributed by atoms with Gasteiger partial charge in [0.25, 0.3) is 16.7 Å². The van der Waals surface area contributed by atoms with Crippen LogP contribution < -0.4 is 32.6 Å². The number of ether oxygens (including phenoxy) is 2. The van der Waals surface area contributed by atoms with Gasteiger partial charge in [0.1, 0.15) is 17.5 Å². The number of halogens is 3. The number of nitrogen functional groups attached to an aromatic ring is 1. The number of hydrogen-bond acceptors (Lipinski definition) is 23. The molecule has 3 amide bonds. The number of imide groups is 1. The lowest BCUT2D eigenvalue weighted by molar-refractivity contribution is -0.166. The van der Waals surface area contributed by atoms with E-state index < -0.39 is 77.0 Å². The highest BCUT2D eigenvalue weighted by atomic mass is 19.1. The van der Waals surface area contributed by atoms with Gasteiger partial charge in [-0.25, -0.2) is 33.4 Å². The van der Waals surface area contributed by atoms with Crippen molar-refractivity contribution in [3.63, 3.8) is 0 Å². The van der Waals surface area contributed by atoms with Crippen LogP contribution in [0.2, 0.25) is 0 Å². The first kappa shape index (κ1) is 85.6. The summed E-state index contributed by atoms with van der Waals surface area (Å²) >= 11 is 0. The summed E-state index contributed by atoms with van der Waals surface area (Å²) in [6.45, 7) is 3.98. The predicted octanol–water partition coefficient (Wildman–Crippen LogP) is 5.48. The lowest BCUT2D eigenvalue weighted by atomic mass is 10.0. The first-order valence-corrected chi connectivity index (χ1v) is 33.1. The number of likely N-dealkylation sites (N-methyl/N-ethyl adjacent to an activating group) is 4. The van der Waals surface area contributed by atoms with Gasteiger partial charge in [0.2, 0.25) is 17.7 Å². The summed E-state index contributed by atoms with van der Waals surface area (Å²) in [6.07, 6.45) is 1.10. The number of carbonyl (C=O) groups is 10. The van der Waals surface area contributed by atoms with Crippen LogP contribution in [0.1, 0.15) is 53.2 Å². The van der Waals surface area contributed by atoms with Crippen molar-refractivity contribution in [3.8, 4) is 0 Å². The van der Waals surface area contributed by atoms with Crippen LogP contribution in [0.25, 0.3) is 32.3 Å². The summed E-state index contributed by atoms with van der Waals surface area (Å²) in [4.78, 5) is 150. The maximum absolute atomic E-state index is 14.4. The minimum Gasteiger partial charge on any atom is -0.480 e. The van der Waals surface area contributed by atoms with Gasteiger partial charge in [-0.15, -0.1) is 0 Å². The van der Waals surface area contributed by atoms with Crippen LogP contribution >= 0.6 is 0 Å². The standard InChI is InChI=1S/C20H19FN4O4.C20H17FN4O3.C15H12FN3O.C7H8.C5H9NO4.C5H7NO3.C4H6O3/c1-25(11-19(27)28)10-18(26)22-17-9-12(6-7-15(17)21)8-16-13-4-2-3-5-14(13)20(29)24-23-16;1-24-10-18(26)25(19(27)11-24)17-9-12(6-7-15(17)21)8-16-13-4-2-3-5-14(13)20(28)23-22-16;16-12-6-5-9(7-13(12)17)8-14-10-3-1-2-4-11(10)15(20)19-18-14;1-7-5-3-2-4-6-7;1-6(2-4(7)8)3-5(9)10;1-6-2-4(7)9-5(8)3-6;1-3(5)7-4(2)6/h2-7,9H,8,10-11H2,1H3,(H,22,26)(H,24,29)(H,27,28);2-7,9H,8,10-11H2,1H3,(H,23,28);1-7H,8,17H2,(H,19,20);2-6H,1H3;2-3H2,1H3,(H,7,8)(H,9,10);2-3H2,1H3;1-2H3. The molecule has 12 rings (SSSR count). The van der Waals surface area contributed by atoms with Crippen molar-refractivity contribution in [2.24, 2.45) is 0 Å². The van der Waals surface area contributed by atoms with Crippen molar-refractivity contribution in [2.75, 3.05) is 96.5 Å². The number of rotatable bonds is 16. The van der Waals surface area contributed by atoms with Crippen LogP contribution in [0.5, 0.6) is 0 Å². The molecule has 10 aromatic rings. The number of esters is 4. The van der Waals surface area contributed by atoms with E-state index in [2.05, 4.69) is 64.4 Å². The number of benzene rings is 7. The molecule has 0 atom stereocenters. The maximum atomic E-state index is 14.4. The first-order chi connectivity index (χ1) is 52.1. The number of cyclic esters (lactones) is 2. The molecule has 2 saturated heterocycles. The molecule has 2 aliphatic heterocycles. The Balaban J connectivity index is 0.000000215. The van der Waals surface area contributed by atoms with Gasteiger partial charge in [0.15, 0.2) is 0 Å². The van der Waals surface area contributed by atoms with Crippen molar-refractivity contribution in [1.82, 2.24) is 50.2 Å². The van der Waals surface area contributed by atoms with Gasteiger partial charge in [0, 0.05) is 49.3 Å². The fraction of sp³-hybridized carbons (Fsp3) is 0.237. The molecule has 0 unspecified atom stereocenters. The summed E-state index contributed by atoms with van der Waals surface area (Å²) < 4.78 is 49.9. The molecule has 0 radical (unpaired) electrons. The number of carbonyl (C=O) groups excluding carboxylic acids is 7. The molecule has 2 aliphatic rings. The number of aromatic nitrogens is 6. The van der Waals surface area contributed by atoms with Gasteiger partial charge in [0.05, 0.1) is 103 Å². The van der Waals surface area contributed by atoms with E-state index in [-0.39, 0.29) is 86.1 Å². The zero-order valence-corrected chi connectivity index (χ0v) is 60.5. The summed E-state index contributed by atoms with van der Waals surface area (Å²) in [5, 5.41) is 51.0. The van der Waals surface area contributed by atoms with Gasteiger partial charge >= 0.3 is 41.8 Å². The number of aryl methyl sites for hydroxylation is 1. The van der Waals surface area contributed by atoms with E-state index >= 15 is 0 Å². The Bertz CT molecular complexity index is 5140. The SMILES string of the molecule is CC(=O)OC(C)=O.CN(CC(=O)O)CC(=O)Nc1cc(Cc2n[nH]c(=O)c3ccccc23)ccc1F.CN(CC(=O)O)CC(=O)O.CN1CC(=O)N(c2cc(Cc3n[nH]c(=O)c4ccccc34)ccc2F)C(=O)C1.CN1CC(=O)OC(=O)C1.Cc1ccccc1.Nc1cc(Cc2n[nH]c(=O)c3ccccc23)ccc1F. The van der Waals surface area contributed by atoms with Gasteiger partial charge < -0.3 is 35.8 Å².